The van der Waals surface area contributed by atoms with Crippen molar-refractivity contribution < 1.29 is 22.7 Å². The van der Waals surface area contributed by atoms with Crippen LogP contribution in [0.4, 0.5) is 5.69 Å². The summed E-state index contributed by atoms with van der Waals surface area (Å²) in [6, 6.07) is 9.20. The number of aryl methyl sites for hydroxylation is 1. The number of carbonyl (C=O) groups excluding carboxylic acids is 2. The number of nitrogens with zero attached hydrogens (tertiary/aromatic N) is 3. The summed E-state index contributed by atoms with van der Waals surface area (Å²) in [6.45, 7) is 18.8. The third-order valence-electron chi connectivity index (χ3n) is 5.33. The van der Waals surface area contributed by atoms with E-state index < -0.39 is 21.6 Å². The van der Waals surface area contributed by atoms with Gasteiger partial charge in [-0.1, -0.05) is 12.1 Å². The highest BCUT2D eigenvalue weighted by Crippen LogP contribution is 2.36. The zero-order valence-corrected chi connectivity index (χ0v) is 19.7. The number of hydrogen-bond donors (Lipinski definition) is 0. The molecule has 174 valence electrons. The molecule has 1 aliphatic rings. The summed E-state index contributed by atoms with van der Waals surface area (Å²) in [5, 5.41) is 0. The Hall–Kier alpha value is -3.95. The normalized spacial score (nSPS) is 14.8. The van der Waals surface area contributed by atoms with Gasteiger partial charge >= 0.3 is 5.97 Å². The Bertz CT molecular complexity index is 1350. The molecule has 0 atom stereocenters. The molecule has 34 heavy (non-hydrogen) atoms. The van der Waals surface area contributed by atoms with Gasteiger partial charge in [0.25, 0.3) is 0 Å². The van der Waals surface area contributed by atoms with Gasteiger partial charge in [0.2, 0.25) is 28.7 Å². The first-order valence-electron chi connectivity index (χ1n) is 10.6. The van der Waals surface area contributed by atoms with E-state index in [-0.39, 0.29) is 40.6 Å². The first-order chi connectivity index (χ1) is 16.3. The first kappa shape index (κ1) is 24.7. The summed E-state index contributed by atoms with van der Waals surface area (Å²) < 4.78 is 31.2. The van der Waals surface area contributed by atoms with Gasteiger partial charge in [-0.3, -0.25) is 4.79 Å². The van der Waals surface area contributed by atoms with Crippen molar-refractivity contribution in [1.82, 2.24) is 0 Å². The molecule has 0 bridgehead atoms. The molecule has 0 radical (unpaired) electrons. The predicted molar refractivity (Wildman–Crippen MR) is 128 cm³/mol. The van der Waals surface area contributed by atoms with Gasteiger partial charge in [0.15, 0.2) is 0 Å². The van der Waals surface area contributed by atoms with Crippen LogP contribution < -0.4 is 4.90 Å². The quantitative estimate of drug-likeness (QED) is 0.326. The van der Waals surface area contributed by atoms with Gasteiger partial charge in [-0.25, -0.2) is 26.4 Å². The van der Waals surface area contributed by atoms with Gasteiger partial charge in [0.1, 0.15) is 4.91 Å². The summed E-state index contributed by atoms with van der Waals surface area (Å²) in [5.74, 6) is -1.20. The van der Waals surface area contributed by atoms with Gasteiger partial charge in [0.05, 0.1) is 35.8 Å². The number of esters is 1. The van der Waals surface area contributed by atoms with Crippen LogP contribution in [0.5, 0.6) is 0 Å². The number of ether oxygens (including phenoxy) is 1. The molecule has 3 rings (SSSR count). The topological polar surface area (TPSA) is 89.5 Å². The Labute approximate surface area is 199 Å². The van der Waals surface area contributed by atoms with Crippen LogP contribution in [-0.4, -0.2) is 53.0 Å². The number of Topliss-reactive ketones (excluding diaryl/α,β-unsaturated/α-hetero) is 1. The van der Waals surface area contributed by atoms with Crippen LogP contribution in [0.3, 0.4) is 0 Å². The van der Waals surface area contributed by atoms with Crippen LogP contribution in [0, 0.1) is 20.1 Å². The Kier molecular flexibility index (Phi) is 7.50. The Morgan fingerprint density at radius 3 is 2.35 bits per heavy atom. The van der Waals surface area contributed by atoms with Crippen LogP contribution in [0.15, 0.2) is 46.2 Å². The summed E-state index contributed by atoms with van der Waals surface area (Å²) in [5.41, 5.74) is 1.82. The number of ketones is 1. The fourth-order valence-electron chi connectivity index (χ4n) is 3.91. The number of sulfone groups is 1. The maximum Gasteiger partial charge on any atom is 0.340 e. The number of benzene rings is 2. The van der Waals surface area contributed by atoms with E-state index in [0.29, 0.717) is 29.9 Å². The lowest BCUT2D eigenvalue weighted by molar-refractivity contribution is 0.0527. The lowest BCUT2D eigenvalue weighted by atomic mass is 10.0. The van der Waals surface area contributed by atoms with Gasteiger partial charge < -0.3 is 19.3 Å². The molecule has 0 fully saturated rings. The number of fused-ring (bicyclic) bond motifs is 1. The van der Waals surface area contributed by atoms with Crippen LogP contribution in [0.2, 0.25) is 0 Å². The smallest absolute Gasteiger partial charge is 0.340 e. The van der Waals surface area contributed by atoms with E-state index in [4.69, 9.17) is 17.9 Å². The van der Waals surface area contributed by atoms with Crippen molar-refractivity contribution in [3.63, 3.8) is 0 Å². The molecule has 0 saturated carbocycles. The predicted octanol–water partition coefficient (Wildman–Crippen LogP) is 3.83. The van der Waals surface area contributed by atoms with Crippen molar-refractivity contribution in [2.45, 2.75) is 18.7 Å². The van der Waals surface area contributed by atoms with E-state index in [1.807, 2.05) is 0 Å². The fourth-order valence-corrected chi connectivity index (χ4v) is 5.50. The van der Waals surface area contributed by atoms with E-state index in [9.17, 15) is 18.0 Å². The SMILES string of the molecule is [C-]#[N+]CCN(CC[N+]#[C-])c1c(C)cc(/C=C2/C(=O)c3ccccc3S2(=O)=O)cc1C(=O)OCC. The van der Waals surface area contributed by atoms with Crippen LogP contribution in [0.1, 0.15) is 38.8 Å². The van der Waals surface area contributed by atoms with E-state index in [0.717, 1.165) is 0 Å². The molecule has 0 aliphatic carbocycles. The van der Waals surface area contributed by atoms with E-state index >= 15 is 0 Å². The van der Waals surface area contributed by atoms with Crippen molar-refractivity contribution in [1.29, 1.82) is 0 Å². The molecule has 2 aromatic rings. The third-order valence-corrected chi connectivity index (χ3v) is 7.15. The number of carbonyl (C=O) groups is 2. The average Bonchev–Trinajstić information content (AvgIpc) is 3.00. The molecular formula is C25H23N3O5S. The summed E-state index contributed by atoms with van der Waals surface area (Å²) in [6.07, 6.45) is 1.28. The molecule has 0 aromatic heterocycles. The summed E-state index contributed by atoms with van der Waals surface area (Å²) >= 11 is 0. The zero-order chi connectivity index (χ0) is 24.9. The molecule has 0 saturated heterocycles. The Morgan fingerprint density at radius 1 is 1.12 bits per heavy atom. The van der Waals surface area contributed by atoms with Crippen LogP contribution >= 0.6 is 0 Å². The standard InChI is InChI=1S/C25H23N3O5S/c1-5-33-25(30)20-15-18(14-17(2)23(20)28(12-10-26-3)13-11-27-4)16-22-24(29)19-8-6-7-9-21(19)34(22,31)32/h6-9,14-16H,5,10-13H2,1-2H3/b22-16-. The molecule has 1 heterocycles. The molecule has 0 amide bonds. The highest BCUT2D eigenvalue weighted by Gasteiger charge is 2.38. The van der Waals surface area contributed by atoms with Crippen molar-refractivity contribution >= 4 is 33.4 Å². The maximum absolute atomic E-state index is 13.0. The number of hydrogen-bond acceptors (Lipinski definition) is 6. The van der Waals surface area contributed by atoms with Crippen molar-refractivity contribution in [2.75, 3.05) is 37.7 Å². The van der Waals surface area contributed by atoms with Gasteiger partial charge in [-0.15, -0.1) is 0 Å². The molecule has 0 unspecified atom stereocenters. The van der Waals surface area contributed by atoms with Gasteiger partial charge in [-0.2, -0.15) is 0 Å². The molecule has 9 heteroatoms. The molecular weight excluding hydrogens is 454 g/mol. The highest BCUT2D eigenvalue weighted by atomic mass is 32.2. The van der Waals surface area contributed by atoms with E-state index in [1.54, 1.807) is 36.9 Å². The minimum absolute atomic E-state index is 0.0327. The van der Waals surface area contributed by atoms with Crippen LogP contribution in [0.25, 0.3) is 15.8 Å². The molecule has 8 nitrogen and oxygen atoms in total. The molecule has 0 spiro atoms. The second kappa shape index (κ2) is 10.3. The lowest BCUT2D eigenvalue weighted by Crippen LogP contribution is -2.31. The first-order valence-corrected chi connectivity index (χ1v) is 12.1. The fraction of sp³-hybridized carbons (Fsp3) is 0.280. The summed E-state index contributed by atoms with van der Waals surface area (Å²) in [4.78, 5) is 33.9. The van der Waals surface area contributed by atoms with Crippen LogP contribution in [-0.2, 0) is 14.6 Å². The van der Waals surface area contributed by atoms with Crippen molar-refractivity contribution in [3.8, 4) is 0 Å². The van der Waals surface area contributed by atoms with E-state index in [1.165, 1.54) is 24.3 Å². The summed E-state index contributed by atoms with van der Waals surface area (Å²) in [7, 11) is -3.98. The lowest BCUT2D eigenvalue weighted by Gasteiger charge is -2.25. The van der Waals surface area contributed by atoms with E-state index in [2.05, 4.69) is 9.69 Å². The average molecular weight is 478 g/mol. The zero-order valence-electron chi connectivity index (χ0n) is 18.9. The number of rotatable bonds is 8. The molecule has 2 aromatic carbocycles. The number of allylic oxidation sites excluding steroid dienone is 1. The Balaban J connectivity index is 2.16. The second-order valence-corrected chi connectivity index (χ2v) is 9.43. The third kappa shape index (κ3) is 4.70. The monoisotopic (exact) mass is 477 g/mol. The highest BCUT2D eigenvalue weighted by molar-refractivity contribution is 7.97. The molecule has 0 N–H and O–H groups in total. The molecule has 1 aliphatic heterocycles. The van der Waals surface area contributed by atoms with Crippen molar-refractivity contribution in [3.05, 3.63) is 86.4 Å². The second-order valence-electron chi connectivity index (χ2n) is 7.54. The maximum atomic E-state index is 13.0. The van der Waals surface area contributed by atoms with Gasteiger partial charge in [-0.05, 0) is 55.3 Å². The largest absolute Gasteiger partial charge is 0.462 e. The Morgan fingerprint density at radius 2 is 1.76 bits per heavy atom. The minimum Gasteiger partial charge on any atom is -0.462 e. The van der Waals surface area contributed by atoms with Crippen molar-refractivity contribution in [2.24, 2.45) is 0 Å². The number of anilines is 1. The minimum atomic E-state index is -3.98. The van der Waals surface area contributed by atoms with Gasteiger partial charge in [0, 0.05) is 5.56 Å².